The summed E-state index contributed by atoms with van der Waals surface area (Å²) >= 11 is 0. The maximum absolute atomic E-state index is 13.9. The summed E-state index contributed by atoms with van der Waals surface area (Å²) in [5.74, 6) is 1.57. The number of methoxy groups -OCH3 is 3. The minimum atomic E-state index is -0.875. The molecule has 1 aromatic carbocycles. The highest BCUT2D eigenvalue weighted by Crippen LogP contribution is 2.44. The third kappa shape index (κ3) is 4.10. The molecule has 0 N–H and O–H groups in total. The normalized spacial score (nSPS) is 24.0. The molecule has 5 nitrogen and oxygen atoms in total. The van der Waals surface area contributed by atoms with Crippen LogP contribution in [0, 0.1) is 5.41 Å². The molecule has 0 spiro atoms. The van der Waals surface area contributed by atoms with Crippen LogP contribution in [0.4, 0.5) is 0 Å². The maximum Gasteiger partial charge on any atom is 0.240 e. The zero-order valence-electron chi connectivity index (χ0n) is 17.6. The Morgan fingerprint density at radius 1 is 1.24 bits per heavy atom. The summed E-state index contributed by atoms with van der Waals surface area (Å²) in [6.45, 7) is 5.23. The lowest BCUT2D eigenvalue weighted by Crippen LogP contribution is -2.48. The van der Waals surface area contributed by atoms with Crippen molar-refractivity contribution < 1.29 is 19.0 Å². The summed E-state index contributed by atoms with van der Waals surface area (Å²) < 4.78 is 16.4. The number of ether oxygens (including phenoxy) is 3. The molecule has 0 saturated carbocycles. The van der Waals surface area contributed by atoms with E-state index in [1.807, 2.05) is 35.2 Å². The molecule has 29 heavy (non-hydrogen) atoms. The second-order valence-electron chi connectivity index (χ2n) is 7.59. The second-order valence-corrected chi connectivity index (χ2v) is 7.59. The number of hydrogen-bond donors (Lipinski definition) is 0. The molecule has 1 fully saturated rings. The molecule has 2 aliphatic rings. The molecule has 1 saturated heterocycles. The van der Waals surface area contributed by atoms with E-state index in [9.17, 15) is 4.79 Å². The van der Waals surface area contributed by atoms with Crippen LogP contribution in [-0.4, -0.2) is 51.3 Å². The van der Waals surface area contributed by atoms with Crippen LogP contribution in [0.3, 0.4) is 0 Å². The Balaban J connectivity index is 2.02. The van der Waals surface area contributed by atoms with Gasteiger partial charge in [-0.05, 0) is 55.0 Å². The number of benzene rings is 1. The molecule has 1 aliphatic carbocycles. The molecule has 0 bridgehead atoms. The quantitative estimate of drug-likeness (QED) is 0.617. The SMILES string of the molecule is C=CC[C@@]1(C(=O)N2CCC[C@H]2COC)C=C(c2ccc(OC)cc2)CC=C1OC. The van der Waals surface area contributed by atoms with Gasteiger partial charge in [0.25, 0.3) is 0 Å². The molecule has 2 atom stereocenters. The van der Waals surface area contributed by atoms with Gasteiger partial charge in [-0.25, -0.2) is 0 Å². The zero-order chi connectivity index (χ0) is 20.9. The van der Waals surface area contributed by atoms with Gasteiger partial charge < -0.3 is 19.1 Å². The van der Waals surface area contributed by atoms with Gasteiger partial charge >= 0.3 is 0 Å². The first-order valence-electron chi connectivity index (χ1n) is 10.1. The highest BCUT2D eigenvalue weighted by atomic mass is 16.5. The number of rotatable bonds is 8. The Morgan fingerprint density at radius 2 is 2.00 bits per heavy atom. The maximum atomic E-state index is 13.9. The van der Waals surface area contributed by atoms with Crippen LogP contribution in [0.25, 0.3) is 5.57 Å². The largest absolute Gasteiger partial charge is 0.500 e. The van der Waals surface area contributed by atoms with Crippen molar-refractivity contribution in [2.75, 3.05) is 34.5 Å². The highest BCUT2D eigenvalue weighted by Gasteiger charge is 2.47. The lowest BCUT2D eigenvalue weighted by molar-refractivity contribution is -0.141. The minimum absolute atomic E-state index is 0.0655. The van der Waals surface area contributed by atoms with Crippen molar-refractivity contribution in [1.82, 2.24) is 4.90 Å². The van der Waals surface area contributed by atoms with Crippen LogP contribution in [0.1, 0.15) is 31.2 Å². The molecule has 0 radical (unpaired) electrons. The average Bonchev–Trinajstić information content (AvgIpc) is 3.21. The topological polar surface area (TPSA) is 48.0 Å². The minimum Gasteiger partial charge on any atom is -0.500 e. The molecule has 0 unspecified atom stereocenters. The average molecular weight is 398 g/mol. The third-order valence-electron chi connectivity index (χ3n) is 5.89. The van der Waals surface area contributed by atoms with Crippen LogP contribution in [0.15, 0.2) is 54.8 Å². The molecule has 1 aliphatic heterocycles. The van der Waals surface area contributed by atoms with Crippen LogP contribution in [-0.2, 0) is 14.3 Å². The van der Waals surface area contributed by atoms with Crippen LogP contribution in [0.2, 0.25) is 0 Å². The number of amides is 1. The molecule has 0 aromatic heterocycles. The third-order valence-corrected chi connectivity index (χ3v) is 5.89. The van der Waals surface area contributed by atoms with Gasteiger partial charge in [-0.1, -0.05) is 24.3 Å². The predicted molar refractivity (Wildman–Crippen MR) is 115 cm³/mol. The molecule has 3 rings (SSSR count). The monoisotopic (exact) mass is 397 g/mol. The van der Waals surface area contributed by atoms with Crippen LogP contribution in [0.5, 0.6) is 5.75 Å². The Hall–Kier alpha value is -2.53. The van der Waals surface area contributed by atoms with E-state index < -0.39 is 5.41 Å². The van der Waals surface area contributed by atoms with Crippen molar-refractivity contribution in [1.29, 1.82) is 0 Å². The fraction of sp³-hybridized carbons (Fsp3) is 0.458. The lowest BCUT2D eigenvalue weighted by Gasteiger charge is -2.38. The molecular weight excluding hydrogens is 366 g/mol. The van der Waals surface area contributed by atoms with Crippen molar-refractivity contribution in [3.8, 4) is 5.75 Å². The Labute approximate surface area is 173 Å². The Kier molecular flexibility index (Phi) is 6.80. The summed E-state index contributed by atoms with van der Waals surface area (Å²) in [6.07, 6.45) is 9.07. The lowest BCUT2D eigenvalue weighted by atomic mass is 9.74. The molecule has 156 valence electrons. The van der Waals surface area contributed by atoms with Gasteiger partial charge in [0.2, 0.25) is 5.91 Å². The van der Waals surface area contributed by atoms with Crippen molar-refractivity contribution in [3.05, 3.63) is 60.4 Å². The Bertz CT molecular complexity index is 796. The molecule has 1 amide bonds. The van der Waals surface area contributed by atoms with E-state index in [1.165, 1.54) is 0 Å². The number of allylic oxidation sites excluding steroid dienone is 3. The predicted octanol–water partition coefficient (Wildman–Crippen LogP) is 4.21. The van der Waals surface area contributed by atoms with Crippen LogP contribution >= 0.6 is 0 Å². The number of carbonyl (C=O) groups is 1. The second kappa shape index (κ2) is 9.31. The summed E-state index contributed by atoms with van der Waals surface area (Å²) in [7, 11) is 4.98. The van der Waals surface area contributed by atoms with Crippen molar-refractivity contribution in [3.63, 3.8) is 0 Å². The van der Waals surface area contributed by atoms with Gasteiger partial charge in [-0.3, -0.25) is 4.79 Å². The highest BCUT2D eigenvalue weighted by molar-refractivity contribution is 5.91. The first-order valence-corrected chi connectivity index (χ1v) is 10.1. The van der Waals surface area contributed by atoms with E-state index in [0.29, 0.717) is 25.2 Å². The van der Waals surface area contributed by atoms with E-state index >= 15 is 0 Å². The van der Waals surface area contributed by atoms with E-state index in [2.05, 4.69) is 12.7 Å². The summed E-state index contributed by atoms with van der Waals surface area (Å²) in [5.41, 5.74) is 1.31. The number of hydrogen-bond acceptors (Lipinski definition) is 4. The Morgan fingerprint density at radius 3 is 2.62 bits per heavy atom. The summed E-state index contributed by atoms with van der Waals surface area (Å²) in [5, 5.41) is 0. The van der Waals surface area contributed by atoms with Crippen LogP contribution < -0.4 is 4.74 Å². The smallest absolute Gasteiger partial charge is 0.240 e. The first-order chi connectivity index (χ1) is 14.1. The van der Waals surface area contributed by atoms with E-state index in [0.717, 1.165) is 36.3 Å². The van der Waals surface area contributed by atoms with E-state index in [1.54, 1.807) is 27.4 Å². The van der Waals surface area contributed by atoms with Gasteiger partial charge in [-0.15, -0.1) is 6.58 Å². The molecular formula is C24H31NO4. The summed E-state index contributed by atoms with van der Waals surface area (Å²) in [4.78, 5) is 15.8. The molecule has 1 heterocycles. The number of likely N-dealkylation sites (tertiary alicyclic amines) is 1. The molecule has 5 heteroatoms. The fourth-order valence-corrected chi connectivity index (χ4v) is 4.45. The number of nitrogens with zero attached hydrogens (tertiary/aromatic N) is 1. The van der Waals surface area contributed by atoms with Crippen molar-refractivity contribution >= 4 is 11.5 Å². The van der Waals surface area contributed by atoms with Gasteiger partial charge in [-0.2, -0.15) is 0 Å². The van der Waals surface area contributed by atoms with Crippen molar-refractivity contribution in [2.45, 2.75) is 31.7 Å². The molecule has 1 aromatic rings. The van der Waals surface area contributed by atoms with E-state index in [4.69, 9.17) is 14.2 Å². The van der Waals surface area contributed by atoms with Crippen molar-refractivity contribution in [2.24, 2.45) is 5.41 Å². The van der Waals surface area contributed by atoms with Gasteiger partial charge in [0.1, 0.15) is 16.9 Å². The van der Waals surface area contributed by atoms with E-state index in [-0.39, 0.29) is 11.9 Å². The zero-order valence-corrected chi connectivity index (χ0v) is 17.6. The van der Waals surface area contributed by atoms with Gasteiger partial charge in [0.15, 0.2) is 0 Å². The summed E-state index contributed by atoms with van der Waals surface area (Å²) in [6, 6.07) is 8.05. The van der Waals surface area contributed by atoms with Gasteiger partial charge in [0, 0.05) is 13.7 Å². The standard InChI is InChI=1S/C24H31NO4/c1-5-14-24(23(26)25-15-6-7-20(25)17-27-2)16-19(10-13-22(24)29-4)18-8-11-21(28-3)12-9-18/h5,8-9,11-13,16,20H,1,6-7,10,14-15,17H2,2-4H3/t20-,24+/m0/s1. The first kappa shape index (κ1) is 21.2. The number of carbonyl (C=O) groups excluding carboxylic acids is 1. The fourth-order valence-electron chi connectivity index (χ4n) is 4.45. The van der Waals surface area contributed by atoms with Gasteiger partial charge in [0.05, 0.1) is 26.9 Å².